The predicted octanol–water partition coefficient (Wildman–Crippen LogP) is 2.28. The van der Waals surface area contributed by atoms with Gasteiger partial charge in [-0.15, -0.1) is 0 Å². The number of pyridine rings is 2. The summed E-state index contributed by atoms with van der Waals surface area (Å²) in [6.07, 6.45) is 6.05. The molecule has 0 saturated carbocycles. The van der Waals surface area contributed by atoms with Crippen LogP contribution in [0.5, 0.6) is 0 Å². The fourth-order valence-corrected chi connectivity index (χ4v) is 19.1. The average Bonchev–Trinajstić information content (AvgIpc) is 3.41. The zero-order valence-electron chi connectivity index (χ0n) is 20.0. The second-order valence-electron chi connectivity index (χ2n) is 9.07. The molecule has 37 heavy (non-hydrogen) atoms. The summed E-state index contributed by atoms with van der Waals surface area (Å²) < 4.78 is 5.38. The van der Waals surface area contributed by atoms with Gasteiger partial charge in [-0.3, -0.25) is 0 Å². The van der Waals surface area contributed by atoms with Crippen molar-refractivity contribution in [2.24, 2.45) is 0 Å². The first-order valence-electron chi connectivity index (χ1n) is 12.3. The van der Waals surface area contributed by atoms with Crippen LogP contribution in [0.3, 0.4) is 0 Å². The van der Waals surface area contributed by atoms with Gasteiger partial charge in [-0.05, 0) is 0 Å². The van der Waals surface area contributed by atoms with Crippen LogP contribution in [0.1, 0.15) is 0 Å². The molecule has 0 spiro atoms. The zero-order valence-corrected chi connectivity index (χ0v) is 24.2. The summed E-state index contributed by atoms with van der Waals surface area (Å²) in [5.74, 6) is 0.992. The van der Waals surface area contributed by atoms with Crippen LogP contribution in [-0.4, -0.2) is 46.2 Å². The molecule has 0 fully saturated rings. The van der Waals surface area contributed by atoms with Gasteiger partial charge < -0.3 is 0 Å². The monoisotopic (exact) mass is 686 g/mol. The fraction of sp³-hybridized carbons (Fsp3) is 0. The molecule has 3 nitrogen and oxygen atoms in total. The molecule has 0 saturated heterocycles. The van der Waals surface area contributed by atoms with Crippen LogP contribution in [0.25, 0.3) is 17.1 Å². The van der Waals surface area contributed by atoms with E-state index in [0.717, 1.165) is 11.5 Å². The Morgan fingerprint density at radius 1 is 0.568 bits per heavy atom. The Hall–Kier alpha value is -3.65. The van der Waals surface area contributed by atoms with E-state index < -0.39 is 31.6 Å². The standard InChI is InChI=1S/C32H23N3Si.Po/c1-3-13-27(14-4-1)36(28-15-5-2-6-16-28,30-20-23-35(25-30)32-19-8-10-22-34-32)29-17-11-12-26(24-29)31-18-7-9-21-33-31;/h1-23H;. The van der Waals surface area contributed by atoms with Gasteiger partial charge in [-0.25, -0.2) is 0 Å². The number of fused-ring (bicyclic) bond motifs is 2. The van der Waals surface area contributed by atoms with E-state index in [0.29, 0.717) is 0 Å². The van der Waals surface area contributed by atoms with Crippen LogP contribution >= 0.6 is 0 Å². The molecule has 0 N–H and O–H groups in total. The Labute approximate surface area is 229 Å². The van der Waals surface area contributed by atoms with Crippen LogP contribution in [0, 0.1) is 0 Å². The molecule has 1 aliphatic heterocycles. The normalized spacial score (nSPS) is 13.5. The first-order chi connectivity index (χ1) is 18.4. The molecule has 0 aliphatic carbocycles. The number of hydrogen-bond acceptors (Lipinski definition) is 2. The van der Waals surface area contributed by atoms with Gasteiger partial charge in [0, 0.05) is 0 Å². The third-order valence-electron chi connectivity index (χ3n) is 7.11. The summed E-state index contributed by atoms with van der Waals surface area (Å²) in [5.41, 5.74) is 2.34. The van der Waals surface area contributed by atoms with Crippen LogP contribution < -0.4 is 27.3 Å². The molecular formula is C32H23N3PoSi. The van der Waals surface area contributed by atoms with Gasteiger partial charge in [0.25, 0.3) is 0 Å². The average molecular weight is 687 g/mol. The number of hydrogen-bond donors (Lipinski definition) is 0. The molecule has 0 bridgehead atoms. The van der Waals surface area contributed by atoms with E-state index in [1.807, 2.05) is 24.5 Å². The minimum atomic E-state index is -2.59. The van der Waals surface area contributed by atoms with Crippen molar-refractivity contribution in [1.82, 2.24) is 14.5 Å². The summed E-state index contributed by atoms with van der Waals surface area (Å²) >= 11 is -1.20. The van der Waals surface area contributed by atoms with Crippen molar-refractivity contribution >= 4 is 59.0 Å². The molecule has 4 heterocycles. The van der Waals surface area contributed by atoms with E-state index >= 15 is 0 Å². The Balaban J connectivity index is 1.62. The van der Waals surface area contributed by atoms with Gasteiger partial charge in [0.15, 0.2) is 0 Å². The molecule has 0 unspecified atom stereocenters. The van der Waals surface area contributed by atoms with E-state index in [2.05, 4.69) is 120 Å². The quantitative estimate of drug-likeness (QED) is 0.267. The molecule has 3 aromatic carbocycles. The van der Waals surface area contributed by atoms with Crippen LogP contribution in [0.4, 0.5) is 0 Å². The maximum atomic E-state index is 4.80. The number of rotatable bonds is 4. The summed E-state index contributed by atoms with van der Waals surface area (Å²) in [6, 6.07) is 44.1. The minimum absolute atomic E-state index is 0.992. The van der Waals surface area contributed by atoms with Crippen molar-refractivity contribution in [3.8, 4) is 17.1 Å². The van der Waals surface area contributed by atoms with Crippen LogP contribution in [0.2, 0.25) is 0 Å². The Morgan fingerprint density at radius 2 is 1.24 bits per heavy atom. The summed E-state index contributed by atoms with van der Waals surface area (Å²) in [6.45, 7) is 0. The van der Waals surface area contributed by atoms with E-state index in [-0.39, 0.29) is 0 Å². The van der Waals surface area contributed by atoms with E-state index in [1.165, 1.54) is 32.9 Å². The van der Waals surface area contributed by atoms with Gasteiger partial charge in [-0.1, -0.05) is 0 Å². The predicted molar refractivity (Wildman–Crippen MR) is 155 cm³/mol. The number of benzene rings is 3. The van der Waals surface area contributed by atoms with Crippen molar-refractivity contribution in [2.75, 3.05) is 0 Å². The topological polar surface area (TPSA) is 30.7 Å². The maximum absolute atomic E-state index is 4.80. The summed E-state index contributed by atoms with van der Waals surface area (Å²) in [7, 11) is -2.59. The second kappa shape index (κ2) is 9.34. The molecule has 0 atom stereocenters. The van der Waals surface area contributed by atoms with Gasteiger partial charge >= 0.3 is 230 Å². The van der Waals surface area contributed by atoms with Crippen LogP contribution in [0.15, 0.2) is 140 Å². The Kier molecular flexibility index (Phi) is 5.69. The van der Waals surface area contributed by atoms with E-state index in [9.17, 15) is 0 Å². The summed E-state index contributed by atoms with van der Waals surface area (Å²) in [4.78, 5) is 9.55. The second-order valence-corrected chi connectivity index (χ2v) is 16.7. The molecular weight excluding hydrogens is 663 g/mol. The molecule has 7 rings (SSSR count). The molecule has 0 radical (unpaired) electrons. The van der Waals surface area contributed by atoms with Crippen molar-refractivity contribution in [1.29, 1.82) is 0 Å². The first-order valence-corrected chi connectivity index (χ1v) is 17.5. The van der Waals surface area contributed by atoms with Gasteiger partial charge in [-0.2, -0.15) is 0 Å². The SMILES string of the molecule is c1ccc([Si]2(c3ccccc3)c3cccc(-c4ccccn4)[c]3[Po][c]3c2ccn3-c2ccccn2)cc1. The van der Waals surface area contributed by atoms with Crippen molar-refractivity contribution in [3.05, 3.63) is 140 Å². The number of nitrogens with zero attached hydrogens (tertiary/aromatic N) is 3. The van der Waals surface area contributed by atoms with Gasteiger partial charge in [0.1, 0.15) is 0 Å². The van der Waals surface area contributed by atoms with E-state index in [4.69, 9.17) is 9.97 Å². The fourth-order valence-electron chi connectivity index (χ4n) is 5.56. The molecule has 5 heteroatoms. The molecule has 6 aromatic rings. The molecule has 0 amide bonds. The van der Waals surface area contributed by atoms with Crippen molar-refractivity contribution in [3.63, 3.8) is 0 Å². The third-order valence-corrected chi connectivity index (χ3v) is 18.4. The van der Waals surface area contributed by atoms with Crippen LogP contribution in [-0.2, 0) is 0 Å². The summed E-state index contributed by atoms with van der Waals surface area (Å²) in [5, 5.41) is 5.86. The Bertz CT molecular complexity index is 1650. The Morgan fingerprint density at radius 3 is 1.89 bits per heavy atom. The third kappa shape index (κ3) is 3.57. The molecule has 1 aliphatic rings. The first kappa shape index (κ1) is 22.5. The zero-order chi connectivity index (χ0) is 24.7. The molecule has 176 valence electrons. The van der Waals surface area contributed by atoms with Crippen molar-refractivity contribution < 1.29 is 0 Å². The van der Waals surface area contributed by atoms with Crippen molar-refractivity contribution in [2.45, 2.75) is 0 Å². The van der Waals surface area contributed by atoms with E-state index in [1.54, 1.807) is 0 Å². The van der Waals surface area contributed by atoms with Gasteiger partial charge in [0.05, 0.1) is 0 Å². The number of aromatic nitrogens is 3. The molecule has 3 aromatic heterocycles. The van der Waals surface area contributed by atoms with Gasteiger partial charge in [0.2, 0.25) is 0 Å².